The third-order valence-electron chi connectivity index (χ3n) is 4.10. The van der Waals surface area contributed by atoms with Crippen molar-refractivity contribution in [3.8, 4) is 0 Å². The zero-order chi connectivity index (χ0) is 13.2. The number of aryl methyl sites for hydroxylation is 1. The molecule has 1 spiro atoms. The molecule has 1 amide bonds. The van der Waals surface area contributed by atoms with Crippen molar-refractivity contribution in [1.82, 2.24) is 9.78 Å². The zero-order valence-electron chi connectivity index (χ0n) is 10.4. The molecule has 0 bridgehead atoms. The van der Waals surface area contributed by atoms with Crippen LogP contribution in [-0.4, -0.2) is 15.7 Å². The monoisotopic (exact) mass is 273 g/mol. The summed E-state index contributed by atoms with van der Waals surface area (Å²) in [7, 11) is 1.84. The first-order chi connectivity index (χ1) is 9.13. The Morgan fingerprint density at radius 1 is 1.32 bits per heavy atom. The SMILES string of the molecule is Cn1nccc1N1C(=O)C2(CC2)c2ccc(Cl)cc21. The molecule has 0 saturated heterocycles. The first-order valence-corrected chi connectivity index (χ1v) is 6.64. The number of rotatable bonds is 1. The fourth-order valence-electron chi connectivity index (χ4n) is 2.96. The number of carbonyl (C=O) groups excluding carboxylic acids is 1. The van der Waals surface area contributed by atoms with Gasteiger partial charge in [0.15, 0.2) is 0 Å². The molecule has 1 aromatic heterocycles. The van der Waals surface area contributed by atoms with E-state index in [1.165, 1.54) is 0 Å². The molecule has 1 aliphatic carbocycles. The van der Waals surface area contributed by atoms with Gasteiger partial charge in [-0.25, -0.2) is 0 Å². The Labute approximate surface area is 115 Å². The average molecular weight is 274 g/mol. The van der Waals surface area contributed by atoms with Crippen LogP contribution in [0.5, 0.6) is 0 Å². The number of anilines is 2. The van der Waals surface area contributed by atoms with Crippen molar-refractivity contribution in [3.63, 3.8) is 0 Å². The molecule has 0 radical (unpaired) electrons. The molecular weight excluding hydrogens is 262 g/mol. The van der Waals surface area contributed by atoms with Crippen molar-refractivity contribution in [3.05, 3.63) is 41.0 Å². The van der Waals surface area contributed by atoms with Crippen LogP contribution < -0.4 is 4.90 Å². The predicted molar refractivity (Wildman–Crippen MR) is 72.7 cm³/mol. The summed E-state index contributed by atoms with van der Waals surface area (Å²) in [5.74, 6) is 0.936. The van der Waals surface area contributed by atoms with Gasteiger partial charge >= 0.3 is 0 Å². The quantitative estimate of drug-likeness (QED) is 0.801. The van der Waals surface area contributed by atoms with Crippen molar-refractivity contribution in [2.45, 2.75) is 18.3 Å². The van der Waals surface area contributed by atoms with Gasteiger partial charge in [-0.15, -0.1) is 0 Å². The normalized spacial score (nSPS) is 19.1. The Bertz CT molecular complexity index is 702. The van der Waals surface area contributed by atoms with Crippen LogP contribution in [0.25, 0.3) is 0 Å². The van der Waals surface area contributed by atoms with Gasteiger partial charge in [-0.05, 0) is 30.5 Å². The summed E-state index contributed by atoms with van der Waals surface area (Å²) < 4.78 is 1.71. The maximum absolute atomic E-state index is 12.8. The summed E-state index contributed by atoms with van der Waals surface area (Å²) in [6, 6.07) is 7.57. The molecule has 2 aromatic rings. The van der Waals surface area contributed by atoms with E-state index >= 15 is 0 Å². The highest BCUT2D eigenvalue weighted by atomic mass is 35.5. The van der Waals surface area contributed by atoms with Gasteiger partial charge in [0.25, 0.3) is 0 Å². The standard InChI is InChI=1S/C14H12ClN3O/c1-17-12(4-7-16-17)18-11-8-9(15)2-3-10(11)14(5-6-14)13(18)19/h2-4,7-8H,5-6H2,1H3. The Balaban J connectivity index is 1.97. The smallest absolute Gasteiger partial charge is 0.243 e. The summed E-state index contributed by atoms with van der Waals surface area (Å²) in [6.07, 6.45) is 3.55. The van der Waals surface area contributed by atoms with Crippen LogP contribution in [0.15, 0.2) is 30.5 Å². The Morgan fingerprint density at radius 2 is 2.11 bits per heavy atom. The second-order valence-electron chi connectivity index (χ2n) is 5.20. The predicted octanol–water partition coefficient (Wildman–Crippen LogP) is 2.78. The first-order valence-electron chi connectivity index (χ1n) is 6.26. The molecule has 0 N–H and O–H groups in total. The van der Waals surface area contributed by atoms with E-state index in [0.717, 1.165) is 29.9 Å². The number of hydrogen-bond acceptors (Lipinski definition) is 2. The second-order valence-corrected chi connectivity index (χ2v) is 5.63. The van der Waals surface area contributed by atoms with Gasteiger partial charge in [0, 0.05) is 18.1 Å². The number of fused-ring (bicyclic) bond motifs is 2. The number of carbonyl (C=O) groups is 1. The summed E-state index contributed by atoms with van der Waals surface area (Å²) in [5.41, 5.74) is 1.70. The van der Waals surface area contributed by atoms with E-state index in [4.69, 9.17) is 11.6 Å². The molecule has 0 atom stereocenters. The molecule has 1 aromatic carbocycles. The summed E-state index contributed by atoms with van der Waals surface area (Å²) in [6.45, 7) is 0. The van der Waals surface area contributed by atoms with Crippen LogP contribution in [0.2, 0.25) is 5.02 Å². The Hall–Kier alpha value is -1.81. The van der Waals surface area contributed by atoms with Crippen molar-refractivity contribution in [2.24, 2.45) is 7.05 Å². The van der Waals surface area contributed by atoms with Crippen molar-refractivity contribution < 1.29 is 4.79 Å². The highest BCUT2D eigenvalue weighted by molar-refractivity contribution is 6.31. The maximum atomic E-state index is 12.8. The minimum Gasteiger partial charge on any atom is -0.273 e. The lowest BCUT2D eigenvalue weighted by atomic mass is 9.98. The van der Waals surface area contributed by atoms with Crippen molar-refractivity contribution in [1.29, 1.82) is 0 Å². The fraction of sp³-hybridized carbons (Fsp3) is 0.286. The van der Waals surface area contributed by atoms with Crippen molar-refractivity contribution in [2.75, 3.05) is 4.90 Å². The van der Waals surface area contributed by atoms with E-state index in [-0.39, 0.29) is 11.3 Å². The van der Waals surface area contributed by atoms with Gasteiger partial charge in [0.1, 0.15) is 5.82 Å². The Morgan fingerprint density at radius 3 is 2.74 bits per heavy atom. The topological polar surface area (TPSA) is 38.1 Å². The molecule has 0 unspecified atom stereocenters. The average Bonchev–Trinajstić information content (AvgIpc) is 3.03. The lowest BCUT2D eigenvalue weighted by Gasteiger charge is -2.17. The van der Waals surface area contributed by atoms with E-state index in [2.05, 4.69) is 5.10 Å². The molecule has 19 heavy (non-hydrogen) atoms. The largest absolute Gasteiger partial charge is 0.273 e. The van der Waals surface area contributed by atoms with Gasteiger partial charge in [-0.2, -0.15) is 5.10 Å². The minimum absolute atomic E-state index is 0.147. The lowest BCUT2D eigenvalue weighted by molar-refractivity contribution is -0.119. The first kappa shape index (κ1) is 11.1. The number of halogens is 1. The third-order valence-corrected chi connectivity index (χ3v) is 4.34. The minimum atomic E-state index is -0.301. The van der Waals surface area contributed by atoms with Crippen LogP contribution in [0.1, 0.15) is 18.4 Å². The molecule has 4 nitrogen and oxygen atoms in total. The molecule has 96 valence electrons. The number of hydrogen-bond donors (Lipinski definition) is 0. The van der Waals surface area contributed by atoms with Crippen LogP contribution in [0, 0.1) is 0 Å². The van der Waals surface area contributed by atoms with Crippen LogP contribution in [0.3, 0.4) is 0 Å². The molecule has 2 heterocycles. The molecule has 1 fully saturated rings. The summed E-state index contributed by atoms with van der Waals surface area (Å²) >= 11 is 6.09. The number of nitrogens with zero attached hydrogens (tertiary/aromatic N) is 3. The van der Waals surface area contributed by atoms with Crippen molar-refractivity contribution >= 4 is 29.0 Å². The molecule has 1 aliphatic heterocycles. The Kier molecular flexibility index (Phi) is 1.97. The molecule has 2 aliphatic rings. The summed E-state index contributed by atoms with van der Waals surface area (Å²) in [5, 5.41) is 4.80. The van der Waals surface area contributed by atoms with E-state index in [1.54, 1.807) is 15.8 Å². The zero-order valence-corrected chi connectivity index (χ0v) is 11.2. The number of benzene rings is 1. The fourth-order valence-corrected chi connectivity index (χ4v) is 3.12. The lowest BCUT2D eigenvalue weighted by Crippen LogP contribution is -2.29. The van der Waals surface area contributed by atoms with Crippen LogP contribution in [0.4, 0.5) is 11.5 Å². The van der Waals surface area contributed by atoms with Crippen LogP contribution >= 0.6 is 11.6 Å². The van der Waals surface area contributed by atoms with E-state index in [9.17, 15) is 4.79 Å². The van der Waals surface area contributed by atoms with E-state index < -0.39 is 0 Å². The second kappa shape index (κ2) is 3.39. The van der Waals surface area contributed by atoms with Gasteiger partial charge in [0.05, 0.1) is 17.3 Å². The third kappa shape index (κ3) is 1.29. The highest BCUT2D eigenvalue weighted by Gasteiger charge is 2.59. The molecule has 5 heteroatoms. The maximum Gasteiger partial charge on any atom is 0.243 e. The van der Waals surface area contributed by atoms with Gasteiger partial charge in [0.2, 0.25) is 5.91 Å². The van der Waals surface area contributed by atoms with Gasteiger partial charge in [-0.3, -0.25) is 14.4 Å². The summed E-state index contributed by atoms with van der Waals surface area (Å²) in [4.78, 5) is 14.5. The molecular formula is C14H12ClN3O. The van der Waals surface area contributed by atoms with E-state index in [1.807, 2.05) is 31.3 Å². The molecule has 1 saturated carbocycles. The van der Waals surface area contributed by atoms with E-state index in [0.29, 0.717) is 5.02 Å². The number of aromatic nitrogens is 2. The highest BCUT2D eigenvalue weighted by Crippen LogP contribution is 2.59. The molecule has 4 rings (SSSR count). The van der Waals surface area contributed by atoms with Crippen LogP contribution in [-0.2, 0) is 17.3 Å². The van der Waals surface area contributed by atoms with Gasteiger partial charge < -0.3 is 0 Å². The van der Waals surface area contributed by atoms with Gasteiger partial charge in [-0.1, -0.05) is 17.7 Å². The number of amides is 1.